The van der Waals surface area contributed by atoms with Crippen molar-refractivity contribution >= 4 is 66.3 Å². The number of carbonyl (C=O) groups is 6. The average Bonchev–Trinajstić information content (AvgIpc) is 4.28. The molecule has 0 unspecified atom stereocenters. The van der Waals surface area contributed by atoms with E-state index in [2.05, 4.69) is 30.7 Å². The van der Waals surface area contributed by atoms with Crippen molar-refractivity contribution in [3.63, 3.8) is 0 Å². The van der Waals surface area contributed by atoms with Gasteiger partial charge in [0.2, 0.25) is 55.5 Å². The van der Waals surface area contributed by atoms with Gasteiger partial charge in [0.1, 0.15) is 12.1 Å². The van der Waals surface area contributed by atoms with Gasteiger partial charge in [0.05, 0.1) is 35.0 Å². The summed E-state index contributed by atoms with van der Waals surface area (Å²) >= 11 is 0. The molecule has 6 rings (SSSR count). The maximum atomic E-state index is 14.3. The van der Waals surface area contributed by atoms with Gasteiger partial charge in [-0.05, 0) is 123 Å². The molecule has 6 amide bonds. The number of rotatable bonds is 26. The van der Waals surface area contributed by atoms with Crippen LogP contribution in [0.4, 0.5) is 0 Å². The third-order valence-electron chi connectivity index (χ3n) is 15.6. The zero-order valence-electron chi connectivity index (χ0n) is 49.3. The van der Waals surface area contributed by atoms with Crippen LogP contribution in [-0.4, -0.2) is 175 Å². The van der Waals surface area contributed by atoms with Gasteiger partial charge >= 0.3 is 0 Å². The van der Waals surface area contributed by atoms with Crippen molar-refractivity contribution in [2.24, 2.45) is 10.8 Å². The SMILES string of the molecule is CN[C@@H](C)C(=O)N[C@H](C(=O)N1CCC[C@@H]1CN(CCc1ccccc1)C(=O)CNS(=O)(=O)c1ccc2cc(S(=O)(=O)NCC(=O)N(CCc3ccccc3)C[C@@H]3CCCN3C(=O)[C@@H](NC(=O)[C@H](C)NC)C(C)(C)C)ccc2c1)C(C)(C)C. The standard InChI is InChI=1S/C60H86N10O10S2/c1-41(61-9)55(73)65-53(59(3,4)5)57(75)69-31-17-23-47(69)39-67(33-29-43-19-13-11-14-20-43)51(71)37-63-81(77,78)49-27-25-46-36-50(28-26-45(46)35-49)82(79,80)64-38-52(72)68(34-30-44-21-15-12-16-22-44)40-48-24-18-32-70(48)58(76)54(60(6,7)8)66-56(74)42(2)62-10/h11-16,19-22,25-28,35-36,41-42,47-48,53-54,61-64H,17-18,23-24,29-34,37-40H2,1-10H3,(H,65,73)(H,66,74)/t41-,42-,47-,48+,53+,54+/m0/s1. The summed E-state index contributed by atoms with van der Waals surface area (Å²) in [5.74, 6) is -2.11. The number of likely N-dealkylation sites (N-methyl/N-ethyl adjacent to an activating group) is 2. The van der Waals surface area contributed by atoms with Crippen LogP contribution < -0.4 is 30.7 Å². The normalized spacial score (nSPS) is 17.4. The van der Waals surface area contributed by atoms with E-state index in [0.717, 1.165) is 11.1 Å². The van der Waals surface area contributed by atoms with E-state index >= 15 is 0 Å². The van der Waals surface area contributed by atoms with E-state index in [1.165, 1.54) is 36.4 Å². The molecule has 2 saturated heterocycles. The van der Waals surface area contributed by atoms with Gasteiger partial charge in [-0.3, -0.25) is 28.8 Å². The van der Waals surface area contributed by atoms with Crippen LogP contribution in [0.15, 0.2) is 107 Å². The Morgan fingerprint density at radius 3 is 1.23 bits per heavy atom. The highest BCUT2D eigenvalue weighted by atomic mass is 32.2. The van der Waals surface area contributed by atoms with Crippen LogP contribution in [0.2, 0.25) is 0 Å². The highest BCUT2D eigenvalue weighted by Gasteiger charge is 2.43. The van der Waals surface area contributed by atoms with Crippen molar-refractivity contribution in [2.75, 3.05) is 66.5 Å². The predicted molar refractivity (Wildman–Crippen MR) is 317 cm³/mol. The minimum atomic E-state index is -4.29. The molecule has 2 fully saturated rings. The number of carbonyl (C=O) groups excluding carboxylic acids is 6. The molecule has 4 aromatic rings. The number of sulfonamides is 2. The number of hydrogen-bond donors (Lipinski definition) is 6. The van der Waals surface area contributed by atoms with E-state index in [1.54, 1.807) is 47.5 Å². The van der Waals surface area contributed by atoms with Gasteiger partial charge in [0.25, 0.3) is 0 Å². The lowest BCUT2D eigenvalue weighted by atomic mass is 9.85. The third-order valence-corrected chi connectivity index (χ3v) is 18.4. The first-order valence-corrected chi connectivity index (χ1v) is 31.3. The van der Waals surface area contributed by atoms with Crippen molar-refractivity contribution in [1.82, 2.24) is 50.3 Å². The zero-order chi connectivity index (χ0) is 60.2. The van der Waals surface area contributed by atoms with Crippen LogP contribution in [0.3, 0.4) is 0 Å². The number of amides is 6. The lowest BCUT2D eigenvalue weighted by Crippen LogP contribution is -2.59. The second-order valence-electron chi connectivity index (χ2n) is 23.8. The molecule has 6 N–H and O–H groups in total. The van der Waals surface area contributed by atoms with Gasteiger partial charge < -0.3 is 40.9 Å². The molecule has 2 aliphatic rings. The highest BCUT2D eigenvalue weighted by Crippen LogP contribution is 2.29. The molecule has 448 valence electrons. The number of fused-ring (bicyclic) bond motifs is 1. The Bertz CT molecular complexity index is 2890. The number of likely N-dealkylation sites (tertiary alicyclic amines) is 2. The van der Waals surface area contributed by atoms with Crippen molar-refractivity contribution in [3.8, 4) is 0 Å². The maximum absolute atomic E-state index is 14.3. The largest absolute Gasteiger partial charge is 0.342 e. The van der Waals surface area contributed by atoms with Gasteiger partial charge in [-0.25, -0.2) is 26.3 Å². The molecule has 6 atom stereocenters. The summed E-state index contributed by atoms with van der Waals surface area (Å²) in [5, 5.41) is 12.5. The summed E-state index contributed by atoms with van der Waals surface area (Å²) in [6.45, 7) is 15.3. The first-order chi connectivity index (χ1) is 38.6. The molecule has 0 saturated carbocycles. The van der Waals surface area contributed by atoms with Gasteiger partial charge in [-0.1, -0.05) is 114 Å². The first kappa shape index (κ1) is 64.9. The Morgan fingerprint density at radius 1 is 0.549 bits per heavy atom. The van der Waals surface area contributed by atoms with E-state index in [-0.39, 0.29) is 71.7 Å². The molecule has 20 nitrogen and oxygen atoms in total. The molecule has 0 radical (unpaired) electrons. The van der Waals surface area contributed by atoms with Gasteiger partial charge in [0.15, 0.2) is 0 Å². The minimum absolute atomic E-state index is 0.146. The summed E-state index contributed by atoms with van der Waals surface area (Å²) < 4.78 is 60.5. The Balaban J connectivity index is 1.13. The number of nitrogens with zero attached hydrogens (tertiary/aromatic N) is 4. The topological polar surface area (TPSA) is 256 Å². The molecule has 2 aliphatic heterocycles. The van der Waals surface area contributed by atoms with Crippen LogP contribution in [0.1, 0.15) is 92.2 Å². The fraction of sp³-hybridized carbons (Fsp3) is 0.533. The Labute approximate surface area is 485 Å². The molecular formula is C60H86N10O10S2. The molecular weight excluding hydrogens is 1080 g/mol. The highest BCUT2D eigenvalue weighted by molar-refractivity contribution is 7.89. The van der Waals surface area contributed by atoms with Gasteiger partial charge in [0, 0.05) is 51.4 Å². The van der Waals surface area contributed by atoms with E-state index in [0.29, 0.717) is 62.4 Å². The molecule has 22 heteroatoms. The third kappa shape index (κ3) is 17.4. The average molecular weight is 1170 g/mol. The Hall–Kier alpha value is -6.30. The predicted octanol–water partition coefficient (Wildman–Crippen LogP) is 3.80. The van der Waals surface area contributed by atoms with Crippen LogP contribution in [-0.2, 0) is 61.7 Å². The Kier molecular flexibility index (Phi) is 22.4. The summed E-state index contributed by atoms with van der Waals surface area (Å²) in [5.41, 5.74) is 0.693. The molecule has 2 heterocycles. The van der Waals surface area contributed by atoms with Crippen molar-refractivity contribution in [3.05, 3.63) is 108 Å². The van der Waals surface area contributed by atoms with E-state index < -0.39 is 79.9 Å². The molecule has 4 aromatic carbocycles. The fourth-order valence-corrected chi connectivity index (χ4v) is 12.3. The molecule has 0 aromatic heterocycles. The summed E-state index contributed by atoms with van der Waals surface area (Å²) in [7, 11) is -5.25. The van der Waals surface area contributed by atoms with E-state index in [4.69, 9.17) is 0 Å². The quantitative estimate of drug-likeness (QED) is 0.0525. The molecule has 0 spiro atoms. The molecule has 82 heavy (non-hydrogen) atoms. The van der Waals surface area contributed by atoms with Crippen LogP contribution in [0.25, 0.3) is 10.8 Å². The van der Waals surface area contributed by atoms with Crippen molar-refractivity contribution in [2.45, 2.75) is 140 Å². The summed E-state index contributed by atoms with van der Waals surface area (Å²) in [4.78, 5) is 89.2. The van der Waals surface area contributed by atoms with Crippen molar-refractivity contribution in [1.29, 1.82) is 0 Å². The minimum Gasteiger partial charge on any atom is -0.342 e. The molecule has 0 aliphatic carbocycles. The fourth-order valence-electron chi connectivity index (χ4n) is 10.3. The zero-order valence-corrected chi connectivity index (χ0v) is 50.9. The Morgan fingerprint density at radius 2 is 0.902 bits per heavy atom. The smallest absolute Gasteiger partial charge is 0.246 e. The van der Waals surface area contributed by atoms with E-state index in [9.17, 15) is 45.6 Å². The van der Waals surface area contributed by atoms with Gasteiger partial charge in [-0.2, -0.15) is 0 Å². The number of hydrogen-bond acceptors (Lipinski definition) is 12. The molecule has 0 bridgehead atoms. The second kappa shape index (κ2) is 28.3. The maximum Gasteiger partial charge on any atom is 0.246 e. The lowest BCUT2D eigenvalue weighted by Gasteiger charge is -2.37. The summed E-state index contributed by atoms with van der Waals surface area (Å²) in [6.07, 6.45) is 3.55. The lowest BCUT2D eigenvalue weighted by molar-refractivity contribution is -0.142. The van der Waals surface area contributed by atoms with Crippen LogP contribution >= 0.6 is 0 Å². The van der Waals surface area contributed by atoms with Crippen molar-refractivity contribution < 1.29 is 45.6 Å². The first-order valence-electron chi connectivity index (χ1n) is 28.4. The van der Waals surface area contributed by atoms with Gasteiger partial charge in [-0.15, -0.1) is 0 Å². The van der Waals surface area contributed by atoms with Crippen LogP contribution in [0.5, 0.6) is 0 Å². The number of benzene rings is 4. The van der Waals surface area contributed by atoms with E-state index in [1.807, 2.05) is 102 Å². The second-order valence-corrected chi connectivity index (χ2v) is 27.3. The monoisotopic (exact) mass is 1170 g/mol. The number of nitrogens with one attached hydrogen (secondary N) is 6. The van der Waals surface area contributed by atoms with Crippen LogP contribution in [0, 0.1) is 10.8 Å². The summed E-state index contributed by atoms with van der Waals surface area (Å²) in [6, 6.07) is 24.0.